The number of hydrogen-bond acceptors (Lipinski definition) is 2. The average Bonchev–Trinajstić information content (AvgIpc) is 2.42. The van der Waals surface area contributed by atoms with E-state index in [1.807, 2.05) is 19.1 Å². The Morgan fingerprint density at radius 2 is 1.95 bits per heavy atom. The molecule has 0 saturated carbocycles. The van der Waals surface area contributed by atoms with Crippen LogP contribution < -0.4 is 5.43 Å². The minimum absolute atomic E-state index is 0.259. The Bertz CT molecular complexity index is 669. The smallest absolute Gasteiger partial charge is 0.267 e. The molecule has 0 spiro atoms. The van der Waals surface area contributed by atoms with E-state index in [9.17, 15) is 4.79 Å². The number of hydrogen-bond donors (Lipinski definition) is 1. The summed E-state index contributed by atoms with van der Waals surface area (Å²) in [5.41, 5.74) is 4.80. The summed E-state index contributed by atoms with van der Waals surface area (Å²) in [6.07, 6.45) is 1.51. The molecule has 3 nitrogen and oxygen atoms in total. The number of hydrazone groups is 1. The molecule has 0 radical (unpaired) electrons. The van der Waals surface area contributed by atoms with Crippen molar-refractivity contribution >= 4 is 35.3 Å². The maximum Gasteiger partial charge on any atom is 0.271 e. The number of halogens is 2. The van der Waals surface area contributed by atoms with Crippen LogP contribution in [0.2, 0.25) is 10.0 Å². The number of benzene rings is 2. The van der Waals surface area contributed by atoms with Gasteiger partial charge in [-0.25, -0.2) is 5.43 Å². The average molecular weight is 307 g/mol. The number of nitrogens with zero attached hydrogens (tertiary/aromatic N) is 1. The highest BCUT2D eigenvalue weighted by molar-refractivity contribution is 6.42. The molecule has 0 aliphatic rings. The predicted molar refractivity (Wildman–Crippen MR) is 82.7 cm³/mol. The van der Waals surface area contributed by atoms with E-state index in [0.717, 1.165) is 11.1 Å². The largest absolute Gasteiger partial charge is 0.271 e. The molecule has 0 bridgehead atoms. The van der Waals surface area contributed by atoms with Gasteiger partial charge in [-0.1, -0.05) is 47.0 Å². The molecule has 0 aliphatic carbocycles. The molecule has 2 aromatic rings. The summed E-state index contributed by atoms with van der Waals surface area (Å²) in [5.74, 6) is -0.259. The molecule has 0 atom stereocenters. The highest BCUT2D eigenvalue weighted by Gasteiger charge is 2.03. The first-order valence-corrected chi connectivity index (χ1v) is 6.67. The molecule has 0 aliphatic heterocycles. The van der Waals surface area contributed by atoms with E-state index in [4.69, 9.17) is 23.2 Å². The van der Waals surface area contributed by atoms with Crippen molar-refractivity contribution in [3.05, 3.63) is 69.2 Å². The Labute approximate surface area is 127 Å². The Balaban J connectivity index is 2.02. The summed E-state index contributed by atoms with van der Waals surface area (Å²) in [5, 5.41) is 4.82. The van der Waals surface area contributed by atoms with Gasteiger partial charge in [-0.2, -0.15) is 5.10 Å². The van der Waals surface area contributed by atoms with E-state index in [1.165, 1.54) is 6.21 Å². The lowest BCUT2D eigenvalue weighted by Gasteiger charge is -2.01. The molecule has 2 rings (SSSR count). The maximum atomic E-state index is 11.8. The van der Waals surface area contributed by atoms with Gasteiger partial charge in [0, 0.05) is 5.56 Å². The normalized spacial score (nSPS) is 10.8. The summed E-state index contributed by atoms with van der Waals surface area (Å²) in [4.78, 5) is 11.8. The third kappa shape index (κ3) is 3.83. The van der Waals surface area contributed by atoms with Gasteiger partial charge in [-0.05, 0) is 36.8 Å². The molecular weight excluding hydrogens is 295 g/mol. The van der Waals surface area contributed by atoms with Crippen molar-refractivity contribution in [1.82, 2.24) is 5.43 Å². The fraction of sp³-hybridized carbons (Fsp3) is 0.0667. The van der Waals surface area contributed by atoms with Crippen LogP contribution in [0.25, 0.3) is 0 Å². The minimum atomic E-state index is -0.259. The van der Waals surface area contributed by atoms with Crippen molar-refractivity contribution in [2.75, 3.05) is 0 Å². The highest BCUT2D eigenvalue weighted by atomic mass is 35.5. The van der Waals surface area contributed by atoms with Gasteiger partial charge in [0.15, 0.2) is 0 Å². The molecule has 102 valence electrons. The van der Waals surface area contributed by atoms with Gasteiger partial charge in [0.1, 0.15) is 0 Å². The van der Waals surface area contributed by atoms with Crippen LogP contribution in [0.1, 0.15) is 21.5 Å². The summed E-state index contributed by atoms with van der Waals surface area (Å²) >= 11 is 11.7. The molecule has 5 heteroatoms. The van der Waals surface area contributed by atoms with Crippen LogP contribution in [0, 0.1) is 6.92 Å². The second-order valence-corrected chi connectivity index (χ2v) is 5.06. The van der Waals surface area contributed by atoms with Gasteiger partial charge in [-0.3, -0.25) is 4.79 Å². The molecule has 0 fully saturated rings. The zero-order valence-corrected chi connectivity index (χ0v) is 12.2. The van der Waals surface area contributed by atoms with Crippen molar-refractivity contribution < 1.29 is 4.79 Å². The number of nitrogens with one attached hydrogen (secondary N) is 1. The molecule has 0 heterocycles. The highest BCUT2D eigenvalue weighted by Crippen LogP contribution is 2.21. The van der Waals surface area contributed by atoms with Crippen LogP contribution in [0.5, 0.6) is 0 Å². The van der Waals surface area contributed by atoms with Gasteiger partial charge in [0.05, 0.1) is 16.3 Å². The van der Waals surface area contributed by atoms with Crippen molar-refractivity contribution in [2.24, 2.45) is 5.10 Å². The number of rotatable bonds is 3. The molecule has 0 saturated heterocycles. The molecule has 2 aromatic carbocycles. The number of carbonyl (C=O) groups is 1. The fourth-order valence-electron chi connectivity index (χ4n) is 1.61. The van der Waals surface area contributed by atoms with E-state index in [1.54, 1.807) is 30.3 Å². The molecule has 0 aromatic heterocycles. The lowest BCUT2D eigenvalue weighted by Crippen LogP contribution is -2.17. The van der Waals surface area contributed by atoms with Crippen LogP contribution in [0.3, 0.4) is 0 Å². The van der Waals surface area contributed by atoms with E-state index >= 15 is 0 Å². The lowest BCUT2D eigenvalue weighted by molar-refractivity contribution is 0.0955. The third-order valence-electron chi connectivity index (χ3n) is 2.60. The van der Waals surface area contributed by atoms with Crippen LogP contribution in [-0.2, 0) is 0 Å². The van der Waals surface area contributed by atoms with Gasteiger partial charge in [-0.15, -0.1) is 0 Å². The van der Waals surface area contributed by atoms with Gasteiger partial charge in [0.25, 0.3) is 5.91 Å². The van der Waals surface area contributed by atoms with Crippen molar-refractivity contribution in [2.45, 2.75) is 6.92 Å². The Morgan fingerprint density at radius 3 is 2.65 bits per heavy atom. The van der Waals surface area contributed by atoms with E-state index < -0.39 is 0 Å². The first-order chi connectivity index (χ1) is 9.56. The molecule has 1 amide bonds. The molecular formula is C15H12Cl2N2O. The number of carbonyl (C=O) groups excluding carboxylic acids is 1. The zero-order valence-electron chi connectivity index (χ0n) is 10.7. The summed E-state index contributed by atoms with van der Waals surface area (Å²) < 4.78 is 0. The molecule has 0 unspecified atom stereocenters. The van der Waals surface area contributed by atoms with Gasteiger partial charge >= 0.3 is 0 Å². The predicted octanol–water partition coefficient (Wildman–Crippen LogP) is 4.07. The summed E-state index contributed by atoms with van der Waals surface area (Å²) in [6, 6.07) is 12.4. The lowest BCUT2D eigenvalue weighted by atomic mass is 10.1. The Kier molecular flexibility index (Phi) is 4.77. The van der Waals surface area contributed by atoms with E-state index in [-0.39, 0.29) is 5.91 Å². The van der Waals surface area contributed by atoms with Crippen molar-refractivity contribution in [3.63, 3.8) is 0 Å². The second-order valence-electron chi connectivity index (χ2n) is 4.24. The molecule has 20 heavy (non-hydrogen) atoms. The van der Waals surface area contributed by atoms with Gasteiger partial charge in [0.2, 0.25) is 0 Å². The van der Waals surface area contributed by atoms with Crippen molar-refractivity contribution in [3.8, 4) is 0 Å². The van der Waals surface area contributed by atoms with Gasteiger partial charge < -0.3 is 0 Å². The third-order valence-corrected chi connectivity index (χ3v) is 3.34. The number of amides is 1. The van der Waals surface area contributed by atoms with Crippen LogP contribution >= 0.6 is 23.2 Å². The SMILES string of the molecule is Cc1cccc(C(=O)N/N=C/c2ccc(Cl)c(Cl)c2)c1. The Hall–Kier alpha value is -1.84. The Morgan fingerprint density at radius 1 is 1.15 bits per heavy atom. The fourth-order valence-corrected chi connectivity index (χ4v) is 1.92. The van der Waals surface area contributed by atoms with Crippen LogP contribution in [-0.4, -0.2) is 12.1 Å². The maximum absolute atomic E-state index is 11.8. The first-order valence-electron chi connectivity index (χ1n) is 5.91. The zero-order chi connectivity index (χ0) is 14.5. The van der Waals surface area contributed by atoms with Crippen LogP contribution in [0.4, 0.5) is 0 Å². The standard InChI is InChI=1S/C15H12Cl2N2O/c1-10-3-2-4-12(7-10)15(20)19-18-9-11-5-6-13(16)14(17)8-11/h2-9H,1H3,(H,19,20)/b18-9+. The minimum Gasteiger partial charge on any atom is -0.267 e. The van der Waals surface area contributed by atoms with Crippen LogP contribution in [0.15, 0.2) is 47.6 Å². The topological polar surface area (TPSA) is 41.5 Å². The van der Waals surface area contributed by atoms with E-state index in [2.05, 4.69) is 10.5 Å². The van der Waals surface area contributed by atoms with Crippen molar-refractivity contribution in [1.29, 1.82) is 0 Å². The monoisotopic (exact) mass is 306 g/mol. The second kappa shape index (κ2) is 6.55. The summed E-state index contributed by atoms with van der Waals surface area (Å²) in [7, 11) is 0. The quantitative estimate of drug-likeness (QED) is 0.674. The molecule has 1 N–H and O–H groups in total. The first kappa shape index (κ1) is 14.6. The number of aryl methyl sites for hydroxylation is 1. The summed E-state index contributed by atoms with van der Waals surface area (Å²) in [6.45, 7) is 1.93. The van der Waals surface area contributed by atoms with E-state index in [0.29, 0.717) is 15.6 Å².